The molecule has 5 nitrogen and oxygen atoms in total. The fourth-order valence-corrected chi connectivity index (χ4v) is 3.44. The van der Waals surface area contributed by atoms with Crippen molar-refractivity contribution in [2.75, 3.05) is 7.11 Å². The lowest BCUT2D eigenvalue weighted by Crippen LogP contribution is -2.45. The van der Waals surface area contributed by atoms with Crippen molar-refractivity contribution in [2.24, 2.45) is 0 Å². The van der Waals surface area contributed by atoms with Crippen LogP contribution in [0.2, 0.25) is 0 Å². The van der Waals surface area contributed by atoms with Crippen molar-refractivity contribution in [3.63, 3.8) is 0 Å². The van der Waals surface area contributed by atoms with Crippen LogP contribution in [0.15, 0.2) is 49.2 Å². The largest absolute Gasteiger partial charge is 0.467 e. The summed E-state index contributed by atoms with van der Waals surface area (Å²) in [6, 6.07) is 6.43. The molecule has 0 saturated heterocycles. The minimum atomic E-state index is -4.64. The molecule has 1 saturated carbocycles. The van der Waals surface area contributed by atoms with E-state index in [-0.39, 0.29) is 40.1 Å². The smallest absolute Gasteiger partial charge is 0.433 e. The molecule has 206 valence electrons. The van der Waals surface area contributed by atoms with E-state index in [0.29, 0.717) is 11.6 Å². The number of pyridine rings is 1. The number of benzene rings is 1. The van der Waals surface area contributed by atoms with Crippen LogP contribution in [-0.2, 0) is 21.9 Å². The van der Waals surface area contributed by atoms with Crippen LogP contribution >= 0.6 is 0 Å². The molecule has 12 heteroatoms. The summed E-state index contributed by atoms with van der Waals surface area (Å²) < 4.78 is 92.7. The van der Waals surface area contributed by atoms with Gasteiger partial charge >= 0.3 is 18.3 Å². The summed E-state index contributed by atoms with van der Waals surface area (Å²) in [6.45, 7) is 3.39. The molecule has 0 bridgehead atoms. The Balaban J connectivity index is 0.000000831. The number of carbonyl (C=O) groups excluding carboxylic acids is 2. The molecule has 1 aromatic carbocycles. The monoisotopic (exact) mass is 538 g/mol. The molecule has 1 fully saturated rings. The van der Waals surface area contributed by atoms with E-state index in [1.807, 2.05) is 0 Å². The zero-order valence-corrected chi connectivity index (χ0v) is 19.0. The predicted molar refractivity (Wildman–Crippen MR) is 125 cm³/mol. The van der Waals surface area contributed by atoms with Crippen LogP contribution in [0.25, 0.3) is 6.08 Å². The lowest BCUT2D eigenvalue weighted by molar-refractivity contribution is -0.157. The molecule has 1 N–H and O–H groups in total. The van der Waals surface area contributed by atoms with Gasteiger partial charge in [-0.3, -0.25) is 9.78 Å². The summed E-state index contributed by atoms with van der Waals surface area (Å²) >= 11 is 0. The first-order valence-electron chi connectivity index (χ1n) is 10.6. The zero-order chi connectivity index (χ0) is 27.1. The van der Waals surface area contributed by atoms with E-state index in [1.54, 1.807) is 6.07 Å². The topological polar surface area (TPSA) is 68.3 Å². The maximum Gasteiger partial charge on any atom is 0.433 e. The first kappa shape index (κ1) is 31.6. The predicted octanol–water partition coefficient (Wildman–Crippen LogP) is 6.88. The Morgan fingerprint density at radius 1 is 1.11 bits per heavy atom. The fraction of sp³-hybridized carbons (Fsp3) is 0.400. The molecule has 37 heavy (non-hydrogen) atoms. The molecule has 1 amide bonds. The highest BCUT2D eigenvalue weighted by Crippen LogP contribution is 2.33. The molecule has 0 spiro atoms. The molecular formula is C25H29F7N2O3. The molecule has 3 rings (SSSR count). The quantitative estimate of drug-likeness (QED) is 0.340. The molecule has 1 aliphatic carbocycles. The summed E-state index contributed by atoms with van der Waals surface area (Å²) in [5.74, 6) is -1.64. The number of carbonyl (C=O) groups is 2. The van der Waals surface area contributed by atoms with Gasteiger partial charge in [-0.25, -0.2) is 9.18 Å². The number of ether oxygens (including phenoxy) is 1. The van der Waals surface area contributed by atoms with Gasteiger partial charge < -0.3 is 10.1 Å². The molecule has 0 aliphatic heterocycles. The van der Waals surface area contributed by atoms with Crippen molar-refractivity contribution in [1.29, 1.82) is 0 Å². The molecule has 2 aromatic rings. The van der Waals surface area contributed by atoms with Gasteiger partial charge in [0.15, 0.2) is 0 Å². The maximum absolute atomic E-state index is 14.3. The van der Waals surface area contributed by atoms with E-state index in [2.05, 4.69) is 21.6 Å². The Morgan fingerprint density at radius 2 is 1.73 bits per heavy atom. The van der Waals surface area contributed by atoms with Gasteiger partial charge in [0.05, 0.1) is 12.7 Å². The number of hydrogen-bond donors (Lipinski definition) is 1. The number of nitrogens with zero attached hydrogens (tertiary/aromatic N) is 1. The third kappa shape index (κ3) is 8.87. The van der Waals surface area contributed by atoms with Crippen LogP contribution < -0.4 is 5.32 Å². The fourth-order valence-electron chi connectivity index (χ4n) is 3.44. The normalized spacial score (nSPS) is 19.4. The number of halogens is 7. The SMILES string of the molecule is C.C=Cc1cccc(C(F)(F)F)c1.COC(=O)C1(F)CCC(NC(=O)c2ccnc(C(F)(F)F)c2)CC1.[HH]. The Labute approximate surface area is 211 Å². The highest BCUT2D eigenvalue weighted by atomic mass is 19.4. The summed E-state index contributed by atoms with van der Waals surface area (Å²) in [4.78, 5) is 26.6. The number of rotatable bonds is 4. The van der Waals surface area contributed by atoms with Gasteiger partial charge in [0.2, 0.25) is 5.67 Å². The lowest BCUT2D eigenvalue weighted by Gasteiger charge is -2.32. The number of hydrogen-bond acceptors (Lipinski definition) is 4. The molecular weight excluding hydrogens is 509 g/mol. The summed E-state index contributed by atoms with van der Waals surface area (Å²) in [6.07, 6.45) is -6.47. The van der Waals surface area contributed by atoms with Crippen LogP contribution in [0, 0.1) is 0 Å². The number of nitrogens with one attached hydrogen (secondary N) is 1. The third-order valence-electron chi connectivity index (χ3n) is 5.43. The van der Waals surface area contributed by atoms with Crippen molar-refractivity contribution in [2.45, 2.75) is 57.2 Å². The first-order valence-corrected chi connectivity index (χ1v) is 10.6. The van der Waals surface area contributed by atoms with E-state index in [9.17, 15) is 40.3 Å². The van der Waals surface area contributed by atoms with Gasteiger partial charge in [0, 0.05) is 19.2 Å². The highest BCUT2D eigenvalue weighted by molar-refractivity contribution is 5.94. The zero-order valence-electron chi connectivity index (χ0n) is 19.0. The van der Waals surface area contributed by atoms with E-state index < -0.39 is 47.2 Å². The summed E-state index contributed by atoms with van der Waals surface area (Å²) in [5, 5.41) is 2.56. The van der Waals surface area contributed by atoms with Gasteiger partial charge in [0.25, 0.3) is 5.91 Å². The highest BCUT2D eigenvalue weighted by Gasteiger charge is 2.43. The van der Waals surface area contributed by atoms with Crippen LogP contribution in [0.3, 0.4) is 0 Å². The van der Waals surface area contributed by atoms with Crippen LogP contribution in [0.5, 0.6) is 0 Å². The first-order chi connectivity index (χ1) is 16.7. The van der Waals surface area contributed by atoms with Crippen molar-refractivity contribution >= 4 is 18.0 Å². The lowest BCUT2D eigenvalue weighted by atomic mass is 9.83. The van der Waals surface area contributed by atoms with Gasteiger partial charge in [-0.1, -0.05) is 32.2 Å². The molecule has 0 atom stereocenters. The second-order valence-electron chi connectivity index (χ2n) is 7.96. The van der Waals surface area contributed by atoms with Crippen LogP contribution in [-0.4, -0.2) is 35.7 Å². The number of esters is 1. The second kappa shape index (κ2) is 12.7. The Bertz CT molecular complexity index is 1080. The van der Waals surface area contributed by atoms with Crippen molar-refractivity contribution < 1.29 is 46.5 Å². The molecule has 1 aromatic heterocycles. The van der Waals surface area contributed by atoms with E-state index in [4.69, 9.17) is 0 Å². The van der Waals surface area contributed by atoms with Gasteiger partial charge in [-0.05, 0) is 55.5 Å². The van der Waals surface area contributed by atoms with Gasteiger partial charge in [0.1, 0.15) is 5.69 Å². The van der Waals surface area contributed by atoms with E-state index >= 15 is 0 Å². The minimum absolute atomic E-state index is 0. The van der Waals surface area contributed by atoms with Gasteiger partial charge in [-0.2, -0.15) is 26.3 Å². The number of amides is 1. The molecule has 1 heterocycles. The molecule has 0 unspecified atom stereocenters. The van der Waals surface area contributed by atoms with Crippen molar-refractivity contribution in [1.82, 2.24) is 10.3 Å². The van der Waals surface area contributed by atoms with E-state index in [1.165, 1.54) is 18.2 Å². The summed E-state index contributed by atoms with van der Waals surface area (Å²) in [7, 11) is 1.10. The average Bonchev–Trinajstić information content (AvgIpc) is 2.84. The minimum Gasteiger partial charge on any atom is -0.467 e. The summed E-state index contributed by atoms with van der Waals surface area (Å²) in [5.41, 5.74) is -3.57. The van der Waals surface area contributed by atoms with Crippen LogP contribution in [0.4, 0.5) is 30.7 Å². The number of alkyl halides is 7. The van der Waals surface area contributed by atoms with Crippen LogP contribution in [0.1, 0.15) is 61.7 Å². The average molecular weight is 539 g/mol. The number of aromatic nitrogens is 1. The van der Waals surface area contributed by atoms with Gasteiger partial charge in [-0.15, -0.1) is 0 Å². The van der Waals surface area contributed by atoms with Crippen molar-refractivity contribution in [3.05, 3.63) is 71.6 Å². The Morgan fingerprint density at radius 3 is 2.24 bits per heavy atom. The second-order valence-corrected chi connectivity index (χ2v) is 7.96. The number of methoxy groups -OCH3 is 1. The third-order valence-corrected chi connectivity index (χ3v) is 5.43. The maximum atomic E-state index is 14.3. The standard InChI is InChI=1S/C15H16F4N2O3.C9H7F3.CH4.H2/c1-24-13(23)14(16)5-2-10(3-6-14)21-12(22)9-4-7-20-11(8-9)15(17,18)19;1-2-7-4-3-5-8(6-7)9(10,11)12;;/h4,7-8,10H,2-3,5-6H2,1H3,(H,21,22);2-6H,1H2;1H4;1H. The Hall–Kier alpha value is -3.44. The Kier molecular flexibility index (Phi) is 10.8. The molecule has 1 aliphatic rings. The van der Waals surface area contributed by atoms with Crippen molar-refractivity contribution in [3.8, 4) is 0 Å². The van der Waals surface area contributed by atoms with E-state index in [0.717, 1.165) is 25.4 Å². The molecule has 0 radical (unpaired) electrons.